The fraction of sp³-hybridized carbons (Fsp3) is 0.333. The van der Waals surface area contributed by atoms with E-state index >= 15 is 0 Å². The predicted octanol–water partition coefficient (Wildman–Crippen LogP) is 6.37. The van der Waals surface area contributed by atoms with Gasteiger partial charge in [0, 0.05) is 50.3 Å². The second-order valence-corrected chi connectivity index (χ2v) is 15.5. The highest BCUT2D eigenvalue weighted by Gasteiger charge is 2.45. The van der Waals surface area contributed by atoms with Crippen LogP contribution in [-0.4, -0.2) is 97.2 Å². The molecule has 4 aromatic rings. The van der Waals surface area contributed by atoms with Gasteiger partial charge in [-0.25, -0.2) is 17.5 Å². The van der Waals surface area contributed by atoms with Gasteiger partial charge in [0.25, 0.3) is 5.91 Å². The van der Waals surface area contributed by atoms with E-state index in [4.69, 9.17) is 37.5 Å². The Kier molecular flexibility index (Phi) is 10.5. The van der Waals surface area contributed by atoms with Gasteiger partial charge in [-0.15, -0.1) is 0 Å². The van der Waals surface area contributed by atoms with Gasteiger partial charge in [-0.2, -0.15) is 0 Å². The molecule has 15 heteroatoms. The smallest absolute Gasteiger partial charge is 0.326 e. The zero-order valence-corrected chi connectivity index (χ0v) is 31.2. The van der Waals surface area contributed by atoms with Crippen LogP contribution < -0.4 is 4.74 Å². The number of amides is 3. The lowest BCUT2D eigenvalue weighted by Crippen LogP contribution is -2.55. The highest BCUT2D eigenvalue weighted by Crippen LogP contribution is 2.46. The van der Waals surface area contributed by atoms with E-state index in [0.717, 1.165) is 15.4 Å². The van der Waals surface area contributed by atoms with Gasteiger partial charge in [-0.3, -0.25) is 14.7 Å². The molecule has 1 saturated heterocycles. The van der Waals surface area contributed by atoms with Crippen LogP contribution in [0.5, 0.6) is 5.75 Å². The number of carbonyl (C=O) groups excluding carboxylic acids is 2. The topological polar surface area (TPSA) is 129 Å². The summed E-state index contributed by atoms with van der Waals surface area (Å²) < 4.78 is 39.1. The summed E-state index contributed by atoms with van der Waals surface area (Å²) in [5.41, 5.74) is 2.83. The van der Waals surface area contributed by atoms with Gasteiger partial charge in [0.15, 0.2) is 0 Å². The van der Waals surface area contributed by atoms with E-state index in [2.05, 4.69) is 5.16 Å². The third-order valence-corrected chi connectivity index (χ3v) is 11.4. The number of hydrogen-bond acceptors (Lipinski definition) is 8. The average molecular weight is 754 g/mol. The van der Waals surface area contributed by atoms with Crippen LogP contribution in [0, 0.1) is 13.8 Å². The van der Waals surface area contributed by atoms with Crippen molar-refractivity contribution in [2.75, 3.05) is 46.9 Å². The number of rotatable bonds is 8. The van der Waals surface area contributed by atoms with Gasteiger partial charge in [-0.1, -0.05) is 52.6 Å². The summed E-state index contributed by atoms with van der Waals surface area (Å²) in [6, 6.07) is 17.4. The maximum absolute atomic E-state index is 15.0. The van der Waals surface area contributed by atoms with E-state index in [-0.39, 0.29) is 55.5 Å². The Morgan fingerprint density at radius 2 is 1.49 bits per heavy atom. The van der Waals surface area contributed by atoms with Gasteiger partial charge in [0.1, 0.15) is 29.0 Å². The molecule has 1 fully saturated rings. The van der Waals surface area contributed by atoms with Crippen molar-refractivity contribution in [1.29, 1.82) is 0 Å². The Balaban J connectivity index is 1.46. The molecule has 3 aromatic carbocycles. The third kappa shape index (κ3) is 7.08. The monoisotopic (exact) mass is 752 g/mol. The van der Waals surface area contributed by atoms with E-state index in [1.807, 2.05) is 31.2 Å². The van der Waals surface area contributed by atoms with E-state index in [9.17, 15) is 18.0 Å². The Morgan fingerprint density at radius 3 is 2.04 bits per heavy atom. The molecule has 6 rings (SSSR count). The first-order valence-electron chi connectivity index (χ1n) is 16.4. The standard InChI is InChI=1S/C36H38Cl2N6O6S/c1-6-49-30-16-15-28(51(47,48)41(4)5)21-29(30)34-39-32(24-7-11-26(37)12-8-24)33(25-9-13-27(38)14-10-25)44(34)36(46)43-19-17-42(18-20-43)35(45)31-22(2)40-50-23(31)3/h7-16,21,32-33H,6,17-20H2,1-5H3. The number of ether oxygens (including phenoxy) is 1. The lowest BCUT2D eigenvalue weighted by atomic mass is 9.93. The number of carbonyl (C=O) groups is 2. The molecule has 1 aromatic heterocycles. The van der Waals surface area contributed by atoms with Crippen LogP contribution in [0.15, 0.2) is 81.1 Å². The molecule has 12 nitrogen and oxygen atoms in total. The second-order valence-electron chi connectivity index (χ2n) is 12.5. The maximum atomic E-state index is 15.0. The molecule has 2 unspecified atom stereocenters. The fourth-order valence-electron chi connectivity index (χ4n) is 6.39. The minimum absolute atomic E-state index is 0.0190. The van der Waals surface area contributed by atoms with Crippen LogP contribution in [0.2, 0.25) is 10.0 Å². The van der Waals surface area contributed by atoms with Gasteiger partial charge >= 0.3 is 6.03 Å². The van der Waals surface area contributed by atoms with Crippen molar-refractivity contribution in [3.8, 4) is 5.75 Å². The van der Waals surface area contributed by atoms with Crippen molar-refractivity contribution in [3.05, 3.63) is 110 Å². The molecule has 0 bridgehead atoms. The lowest BCUT2D eigenvalue weighted by molar-refractivity contribution is 0.0644. The van der Waals surface area contributed by atoms with Crippen molar-refractivity contribution >= 4 is 51.0 Å². The number of benzene rings is 3. The molecule has 0 radical (unpaired) electrons. The molecule has 0 spiro atoms. The van der Waals surface area contributed by atoms with E-state index < -0.39 is 22.1 Å². The Labute approximate surface area is 307 Å². The molecule has 2 aliphatic rings. The summed E-state index contributed by atoms with van der Waals surface area (Å²) in [6.45, 7) is 6.57. The molecular weight excluding hydrogens is 715 g/mol. The zero-order chi connectivity index (χ0) is 36.6. The molecule has 51 heavy (non-hydrogen) atoms. The molecule has 268 valence electrons. The average Bonchev–Trinajstić information content (AvgIpc) is 3.68. The number of hydrogen-bond donors (Lipinski definition) is 0. The number of nitrogens with zero attached hydrogens (tertiary/aromatic N) is 6. The summed E-state index contributed by atoms with van der Waals surface area (Å²) in [5.74, 6) is 0.849. The van der Waals surface area contributed by atoms with Gasteiger partial charge < -0.3 is 19.1 Å². The largest absolute Gasteiger partial charge is 0.493 e. The van der Waals surface area contributed by atoms with Crippen LogP contribution in [0.4, 0.5) is 4.79 Å². The van der Waals surface area contributed by atoms with Crippen LogP contribution in [0.25, 0.3) is 0 Å². The number of aliphatic imine (C=N–C) groups is 1. The lowest BCUT2D eigenvalue weighted by Gasteiger charge is -2.39. The Hall–Kier alpha value is -4.43. The van der Waals surface area contributed by atoms with Crippen molar-refractivity contribution in [3.63, 3.8) is 0 Å². The first kappa shape index (κ1) is 36.4. The zero-order valence-electron chi connectivity index (χ0n) is 28.8. The van der Waals surface area contributed by atoms with Gasteiger partial charge in [0.05, 0.1) is 28.8 Å². The number of amidine groups is 1. The first-order chi connectivity index (χ1) is 24.3. The fourth-order valence-corrected chi connectivity index (χ4v) is 7.57. The summed E-state index contributed by atoms with van der Waals surface area (Å²) in [6.07, 6.45) is 0. The maximum Gasteiger partial charge on any atom is 0.326 e. The van der Waals surface area contributed by atoms with Crippen LogP contribution in [0.3, 0.4) is 0 Å². The molecular formula is C36H38Cl2N6O6S. The molecule has 0 aliphatic carbocycles. The number of sulfonamides is 1. The van der Waals surface area contributed by atoms with Gasteiger partial charge in [0.2, 0.25) is 10.0 Å². The third-order valence-electron chi connectivity index (χ3n) is 9.05. The number of aromatic nitrogens is 1. The molecule has 0 N–H and O–H groups in total. The summed E-state index contributed by atoms with van der Waals surface area (Å²) in [4.78, 5) is 38.6. The minimum atomic E-state index is -3.87. The quantitative estimate of drug-likeness (QED) is 0.205. The van der Waals surface area contributed by atoms with Gasteiger partial charge in [-0.05, 0) is 74.4 Å². The normalized spacial score (nSPS) is 18.0. The van der Waals surface area contributed by atoms with E-state index in [1.165, 1.54) is 26.2 Å². The summed E-state index contributed by atoms with van der Waals surface area (Å²) in [5, 5.41) is 4.99. The number of halogens is 2. The van der Waals surface area contributed by atoms with Crippen molar-refractivity contribution in [2.45, 2.75) is 37.8 Å². The van der Waals surface area contributed by atoms with E-state index in [0.29, 0.717) is 38.4 Å². The van der Waals surface area contributed by atoms with Crippen LogP contribution in [0.1, 0.15) is 57.5 Å². The number of urea groups is 1. The molecule has 0 saturated carbocycles. The Bertz CT molecular complexity index is 2060. The minimum Gasteiger partial charge on any atom is -0.493 e. The Morgan fingerprint density at radius 1 is 0.902 bits per heavy atom. The molecule has 2 aliphatic heterocycles. The SMILES string of the molecule is CCOc1ccc(S(=O)(=O)N(C)C)cc1C1=NC(c2ccc(Cl)cc2)C(c2ccc(Cl)cc2)N1C(=O)N1CCN(C(=O)c2c(C)noc2C)CC1. The van der Waals surface area contributed by atoms with Crippen molar-refractivity contribution in [2.24, 2.45) is 4.99 Å². The molecule has 2 atom stereocenters. The molecule has 3 amide bonds. The highest BCUT2D eigenvalue weighted by atomic mass is 35.5. The first-order valence-corrected chi connectivity index (χ1v) is 18.6. The van der Waals surface area contributed by atoms with Crippen molar-refractivity contribution in [1.82, 2.24) is 24.2 Å². The number of piperazine rings is 1. The van der Waals surface area contributed by atoms with Crippen molar-refractivity contribution < 1.29 is 27.3 Å². The second kappa shape index (κ2) is 14.7. The number of aryl methyl sites for hydroxylation is 2. The van der Waals surface area contributed by atoms with Crippen LogP contribution >= 0.6 is 23.2 Å². The highest BCUT2D eigenvalue weighted by molar-refractivity contribution is 7.89. The van der Waals surface area contributed by atoms with E-state index in [1.54, 1.807) is 58.9 Å². The summed E-state index contributed by atoms with van der Waals surface area (Å²) >= 11 is 12.6. The predicted molar refractivity (Wildman–Crippen MR) is 194 cm³/mol. The molecule has 3 heterocycles. The summed E-state index contributed by atoms with van der Waals surface area (Å²) in [7, 11) is -0.956. The van der Waals surface area contributed by atoms with Crippen LogP contribution in [-0.2, 0) is 10.0 Å².